The number of benzene rings is 3. The van der Waals surface area contributed by atoms with Gasteiger partial charge in [0.05, 0.1) is 6.04 Å². The van der Waals surface area contributed by atoms with Crippen molar-refractivity contribution in [3.8, 4) is 11.1 Å². The molecule has 1 unspecified atom stereocenters. The van der Waals surface area contributed by atoms with Crippen molar-refractivity contribution in [2.45, 2.75) is 88.3 Å². The fourth-order valence-electron chi connectivity index (χ4n) is 5.93. The first-order valence-corrected chi connectivity index (χ1v) is 17.1. The molecule has 52 heavy (non-hydrogen) atoms. The van der Waals surface area contributed by atoms with Crippen LogP contribution in [0.25, 0.3) is 11.1 Å². The number of rotatable bonds is 16. The van der Waals surface area contributed by atoms with E-state index in [1.807, 2.05) is 30.3 Å². The van der Waals surface area contributed by atoms with Gasteiger partial charge in [-0.05, 0) is 60.4 Å². The predicted octanol–water partition coefficient (Wildman–Crippen LogP) is 3.55. The van der Waals surface area contributed by atoms with Crippen LogP contribution in [0.3, 0.4) is 0 Å². The third kappa shape index (κ3) is 10.4. The first-order chi connectivity index (χ1) is 24.6. The fraction of sp³-hybridized carbons (Fsp3) is 0.395. The highest BCUT2D eigenvalue weighted by Gasteiger charge is 2.50. The Morgan fingerprint density at radius 1 is 0.808 bits per heavy atom. The van der Waals surface area contributed by atoms with E-state index in [0.29, 0.717) is 17.5 Å². The second kappa shape index (κ2) is 17.3. The Kier molecular flexibility index (Phi) is 13.2. The van der Waals surface area contributed by atoms with Crippen LogP contribution in [0.5, 0.6) is 0 Å². The van der Waals surface area contributed by atoms with Gasteiger partial charge in [0.1, 0.15) is 17.6 Å². The zero-order chi connectivity index (χ0) is 38.1. The van der Waals surface area contributed by atoms with Gasteiger partial charge in [-0.25, -0.2) is 0 Å². The number of aliphatic hydroxyl groups is 1. The van der Waals surface area contributed by atoms with E-state index in [2.05, 4.69) is 21.3 Å². The average Bonchev–Trinajstić information content (AvgIpc) is 3.09. The number of alkyl halides is 3. The molecule has 1 aliphatic carbocycles. The Balaban J connectivity index is 1.51. The van der Waals surface area contributed by atoms with E-state index in [9.17, 15) is 42.3 Å². The molecule has 0 bridgehead atoms. The number of amides is 5. The maximum Gasteiger partial charge on any atom is 0.416 e. The number of carbonyl (C=O) groups excluding carboxylic acids is 5. The molecule has 0 aromatic heterocycles. The third-order valence-electron chi connectivity index (χ3n) is 9.14. The second-order valence-electron chi connectivity index (χ2n) is 13.4. The van der Waals surface area contributed by atoms with Crippen LogP contribution in [0, 0.1) is 5.92 Å². The molecule has 4 atom stereocenters. The zero-order valence-electron chi connectivity index (χ0n) is 28.9. The average molecular weight is 724 g/mol. The van der Waals surface area contributed by atoms with Gasteiger partial charge >= 0.3 is 6.18 Å². The molecule has 5 amide bonds. The summed E-state index contributed by atoms with van der Waals surface area (Å²) in [6.45, 7) is 3.46. The van der Waals surface area contributed by atoms with Crippen molar-refractivity contribution >= 4 is 29.5 Å². The van der Waals surface area contributed by atoms with Crippen LogP contribution < -0.4 is 27.0 Å². The van der Waals surface area contributed by atoms with E-state index in [4.69, 9.17) is 5.73 Å². The van der Waals surface area contributed by atoms with E-state index in [1.54, 1.807) is 68.4 Å². The van der Waals surface area contributed by atoms with Crippen LogP contribution in [0.1, 0.15) is 61.9 Å². The third-order valence-corrected chi connectivity index (χ3v) is 9.14. The summed E-state index contributed by atoms with van der Waals surface area (Å²) >= 11 is 0. The Labute approximate surface area is 299 Å². The SMILES string of the molecule is CC(C)[C@H](NC(=O)c1ccc(-c2ccccc2)cc1)C(=O)N[C@@H](Cc1ccccc1)C(=O)NC1(C(=O)N[C@@H](CCC(N)=O)C(O)C(F)(F)F)CCC1. The lowest BCUT2D eigenvalue weighted by Gasteiger charge is -2.43. The molecule has 11 nitrogen and oxygen atoms in total. The van der Waals surface area contributed by atoms with Gasteiger partial charge in [-0.1, -0.05) is 86.6 Å². The number of halogens is 3. The standard InChI is InChI=1S/C38H44F3N5O6/c1-23(2)31(45-33(49)27-16-14-26(15-17-27)25-12-7-4-8-13-25)35(51)43-29(22-24-10-5-3-6-11-24)34(50)46-37(20-9-21-37)36(52)44-28(18-19-30(42)47)32(48)38(39,40)41/h3-8,10-17,23,28-29,31-32,48H,9,18-22H2,1-2H3,(H2,42,47)(H,43,51)(H,44,52)(H,45,49)(H,46,50)/t28-,29-,31-,32?/m0/s1. The summed E-state index contributed by atoms with van der Waals surface area (Å²) in [5.41, 5.74) is 6.32. The molecule has 3 aromatic carbocycles. The van der Waals surface area contributed by atoms with Crippen LogP contribution >= 0.6 is 0 Å². The topological polar surface area (TPSA) is 180 Å². The van der Waals surface area contributed by atoms with Gasteiger partial charge < -0.3 is 32.1 Å². The van der Waals surface area contributed by atoms with Gasteiger partial charge in [-0.2, -0.15) is 13.2 Å². The van der Waals surface area contributed by atoms with E-state index < -0.39 is 84.2 Å². The fourth-order valence-corrected chi connectivity index (χ4v) is 5.93. The van der Waals surface area contributed by atoms with Gasteiger partial charge in [0, 0.05) is 18.4 Å². The van der Waals surface area contributed by atoms with Gasteiger partial charge in [0.25, 0.3) is 5.91 Å². The molecule has 1 fully saturated rings. The van der Waals surface area contributed by atoms with E-state index in [0.717, 1.165) is 11.1 Å². The van der Waals surface area contributed by atoms with Crippen molar-refractivity contribution < 1.29 is 42.3 Å². The molecule has 3 aromatic rings. The molecule has 1 saturated carbocycles. The molecule has 278 valence electrons. The highest BCUT2D eigenvalue weighted by Crippen LogP contribution is 2.33. The minimum Gasteiger partial charge on any atom is -0.382 e. The predicted molar refractivity (Wildman–Crippen MR) is 187 cm³/mol. The molecular formula is C38H44F3N5O6. The Hall–Kier alpha value is -5.24. The summed E-state index contributed by atoms with van der Waals surface area (Å²) in [6.07, 6.45) is -8.60. The van der Waals surface area contributed by atoms with Gasteiger partial charge in [0.2, 0.25) is 23.6 Å². The highest BCUT2D eigenvalue weighted by molar-refractivity contribution is 5.99. The largest absolute Gasteiger partial charge is 0.416 e. The van der Waals surface area contributed by atoms with E-state index in [1.165, 1.54) is 0 Å². The number of nitrogens with two attached hydrogens (primary N) is 1. The van der Waals surface area contributed by atoms with Crippen LogP contribution in [0.4, 0.5) is 13.2 Å². The number of aliphatic hydroxyl groups excluding tert-OH is 1. The van der Waals surface area contributed by atoms with Crippen LogP contribution in [0.2, 0.25) is 0 Å². The zero-order valence-corrected chi connectivity index (χ0v) is 28.9. The van der Waals surface area contributed by atoms with Gasteiger partial charge in [0.15, 0.2) is 6.10 Å². The number of hydrogen-bond donors (Lipinski definition) is 6. The summed E-state index contributed by atoms with van der Waals surface area (Å²) < 4.78 is 40.3. The number of primary amides is 1. The lowest BCUT2D eigenvalue weighted by molar-refractivity contribution is -0.213. The molecule has 0 spiro atoms. The van der Waals surface area contributed by atoms with Crippen LogP contribution in [-0.2, 0) is 25.6 Å². The van der Waals surface area contributed by atoms with Crippen molar-refractivity contribution in [2.24, 2.45) is 11.7 Å². The summed E-state index contributed by atoms with van der Waals surface area (Å²) in [7, 11) is 0. The normalized spacial score (nSPS) is 16.0. The molecular weight excluding hydrogens is 679 g/mol. The van der Waals surface area contributed by atoms with Crippen LogP contribution in [0.15, 0.2) is 84.9 Å². The van der Waals surface area contributed by atoms with Gasteiger partial charge in [-0.15, -0.1) is 0 Å². The van der Waals surface area contributed by atoms with Crippen molar-refractivity contribution in [2.75, 3.05) is 0 Å². The van der Waals surface area contributed by atoms with Gasteiger partial charge in [-0.3, -0.25) is 24.0 Å². The maximum absolute atomic E-state index is 13.9. The quantitative estimate of drug-likeness (QED) is 0.132. The molecule has 7 N–H and O–H groups in total. The summed E-state index contributed by atoms with van der Waals surface area (Å²) in [5, 5.41) is 20.2. The Morgan fingerprint density at radius 3 is 1.90 bits per heavy atom. The monoisotopic (exact) mass is 723 g/mol. The Bertz CT molecular complexity index is 1700. The molecule has 1 aliphatic rings. The number of hydrogen-bond acceptors (Lipinski definition) is 6. The summed E-state index contributed by atoms with van der Waals surface area (Å²) in [5.74, 6) is -4.24. The van der Waals surface area contributed by atoms with Crippen molar-refractivity contribution in [1.29, 1.82) is 0 Å². The second-order valence-corrected chi connectivity index (χ2v) is 13.4. The molecule has 0 heterocycles. The van der Waals surface area contributed by atoms with Crippen LogP contribution in [-0.4, -0.2) is 70.6 Å². The molecule has 0 saturated heterocycles. The first-order valence-electron chi connectivity index (χ1n) is 17.1. The molecule has 14 heteroatoms. The summed E-state index contributed by atoms with van der Waals surface area (Å²) in [6, 6.07) is 21.0. The number of nitrogens with one attached hydrogen (secondary N) is 4. The number of carbonyl (C=O) groups is 5. The summed E-state index contributed by atoms with van der Waals surface area (Å²) in [4.78, 5) is 65.7. The highest BCUT2D eigenvalue weighted by atomic mass is 19.4. The van der Waals surface area contributed by atoms with E-state index in [-0.39, 0.29) is 19.3 Å². The lowest BCUT2D eigenvalue weighted by atomic mass is 9.75. The molecule has 0 aliphatic heterocycles. The van der Waals surface area contributed by atoms with Crippen molar-refractivity contribution in [3.63, 3.8) is 0 Å². The minimum atomic E-state index is -5.11. The van der Waals surface area contributed by atoms with Crippen molar-refractivity contribution in [1.82, 2.24) is 21.3 Å². The molecule has 0 radical (unpaired) electrons. The van der Waals surface area contributed by atoms with Crippen molar-refractivity contribution in [3.05, 3.63) is 96.1 Å². The Morgan fingerprint density at radius 2 is 1.38 bits per heavy atom. The maximum atomic E-state index is 13.9. The van der Waals surface area contributed by atoms with E-state index >= 15 is 0 Å². The minimum absolute atomic E-state index is 0.0101. The smallest absolute Gasteiger partial charge is 0.382 e. The molecule has 4 rings (SSSR count). The first kappa shape index (κ1) is 39.5. The lowest BCUT2D eigenvalue weighted by Crippen LogP contribution is -2.68.